The predicted octanol–water partition coefficient (Wildman–Crippen LogP) is 1.96. The minimum absolute atomic E-state index is 0.240. The molecule has 0 bridgehead atoms. The molecule has 15 heavy (non-hydrogen) atoms. The molecule has 0 aromatic rings. The zero-order valence-electron chi connectivity index (χ0n) is 10.00. The highest BCUT2D eigenvalue weighted by Gasteiger charge is 2.09. The highest BCUT2D eigenvalue weighted by atomic mass is 16.3. The van der Waals surface area contributed by atoms with Crippen LogP contribution in [0.25, 0.3) is 0 Å². The van der Waals surface area contributed by atoms with E-state index in [1.54, 1.807) is 0 Å². The van der Waals surface area contributed by atoms with Crippen molar-refractivity contribution in [2.45, 2.75) is 52.1 Å². The van der Waals surface area contributed by atoms with Gasteiger partial charge < -0.3 is 10.4 Å². The van der Waals surface area contributed by atoms with E-state index in [2.05, 4.69) is 24.2 Å². The van der Waals surface area contributed by atoms with Gasteiger partial charge in [-0.15, -0.1) is 0 Å². The van der Waals surface area contributed by atoms with Crippen LogP contribution in [0, 0.1) is 5.92 Å². The number of hydrogen-bond donors (Lipinski definition) is 2. The second-order valence-electron chi connectivity index (χ2n) is 4.80. The van der Waals surface area contributed by atoms with Gasteiger partial charge in [-0.25, -0.2) is 0 Å². The molecular weight excluding hydrogens is 188 g/mol. The summed E-state index contributed by atoms with van der Waals surface area (Å²) in [5, 5.41) is 13.0. The standard InChI is InChI=1S/C12H24N2O/c1-10(2)8-11(15)9-14-12-6-4-3-5-7-13-12/h10-11,15H,3-9H2,1-2H3,(H,13,14). The first-order valence-corrected chi connectivity index (χ1v) is 6.13. The van der Waals surface area contributed by atoms with Gasteiger partial charge in [0.05, 0.1) is 11.9 Å². The Morgan fingerprint density at radius 1 is 1.33 bits per heavy atom. The van der Waals surface area contributed by atoms with Crippen LogP contribution in [0.5, 0.6) is 0 Å². The summed E-state index contributed by atoms with van der Waals surface area (Å²) in [5.74, 6) is 1.65. The Morgan fingerprint density at radius 2 is 2.13 bits per heavy atom. The van der Waals surface area contributed by atoms with Crippen LogP contribution in [0.4, 0.5) is 0 Å². The molecule has 1 atom stereocenters. The number of aliphatic hydroxyl groups excluding tert-OH is 1. The van der Waals surface area contributed by atoms with Crippen molar-refractivity contribution in [3.05, 3.63) is 0 Å². The van der Waals surface area contributed by atoms with E-state index in [9.17, 15) is 5.11 Å². The topological polar surface area (TPSA) is 44.6 Å². The molecule has 1 aliphatic heterocycles. The number of rotatable bonds is 4. The van der Waals surface area contributed by atoms with Crippen molar-refractivity contribution in [1.82, 2.24) is 5.32 Å². The first kappa shape index (κ1) is 12.5. The zero-order valence-corrected chi connectivity index (χ0v) is 10.00. The van der Waals surface area contributed by atoms with Gasteiger partial charge in [-0.1, -0.05) is 20.3 Å². The van der Waals surface area contributed by atoms with Gasteiger partial charge in [-0.2, -0.15) is 0 Å². The molecule has 0 amide bonds. The number of nitrogens with zero attached hydrogens (tertiary/aromatic N) is 1. The molecule has 1 heterocycles. The van der Waals surface area contributed by atoms with Crippen LogP contribution >= 0.6 is 0 Å². The van der Waals surface area contributed by atoms with E-state index in [4.69, 9.17) is 0 Å². The van der Waals surface area contributed by atoms with Gasteiger partial charge in [0.15, 0.2) is 0 Å². The normalized spacial score (nSPS) is 19.6. The lowest BCUT2D eigenvalue weighted by Crippen LogP contribution is -2.32. The molecule has 3 heteroatoms. The molecule has 0 radical (unpaired) electrons. The van der Waals surface area contributed by atoms with Crippen LogP contribution in [0.3, 0.4) is 0 Å². The Labute approximate surface area is 93.0 Å². The van der Waals surface area contributed by atoms with E-state index in [1.165, 1.54) is 19.3 Å². The summed E-state index contributed by atoms with van der Waals surface area (Å²) in [6.07, 6.45) is 5.39. The average molecular weight is 212 g/mol. The average Bonchev–Trinajstić information content (AvgIpc) is 2.41. The van der Waals surface area contributed by atoms with Gasteiger partial charge >= 0.3 is 0 Å². The summed E-state index contributed by atoms with van der Waals surface area (Å²) in [6.45, 7) is 5.86. The fourth-order valence-corrected chi connectivity index (χ4v) is 1.88. The third kappa shape index (κ3) is 5.78. The molecule has 1 aliphatic rings. The van der Waals surface area contributed by atoms with E-state index in [0.29, 0.717) is 12.5 Å². The molecule has 3 nitrogen and oxygen atoms in total. The number of hydrogen-bond acceptors (Lipinski definition) is 3. The lowest BCUT2D eigenvalue weighted by atomic mass is 10.1. The number of aliphatic hydroxyl groups is 1. The van der Waals surface area contributed by atoms with Crippen molar-refractivity contribution < 1.29 is 5.11 Å². The third-order valence-corrected chi connectivity index (χ3v) is 2.66. The fourth-order valence-electron chi connectivity index (χ4n) is 1.88. The number of nitrogens with one attached hydrogen (secondary N) is 1. The lowest BCUT2D eigenvalue weighted by Gasteiger charge is -2.15. The monoisotopic (exact) mass is 212 g/mol. The molecule has 88 valence electrons. The van der Waals surface area contributed by atoms with Crippen LogP contribution in [0.2, 0.25) is 0 Å². The predicted molar refractivity (Wildman–Crippen MR) is 64.2 cm³/mol. The summed E-state index contributed by atoms with van der Waals surface area (Å²) >= 11 is 0. The largest absolute Gasteiger partial charge is 0.391 e. The number of aliphatic imine (C=N–C) groups is 1. The van der Waals surface area contributed by atoms with E-state index in [-0.39, 0.29) is 6.10 Å². The summed E-state index contributed by atoms with van der Waals surface area (Å²) < 4.78 is 0. The van der Waals surface area contributed by atoms with Crippen LogP contribution in [0.1, 0.15) is 46.0 Å². The molecular formula is C12H24N2O. The second kappa shape index (κ2) is 6.83. The zero-order chi connectivity index (χ0) is 11.1. The Morgan fingerprint density at radius 3 is 2.87 bits per heavy atom. The van der Waals surface area contributed by atoms with Gasteiger partial charge in [0, 0.05) is 19.5 Å². The van der Waals surface area contributed by atoms with Crippen molar-refractivity contribution in [2.24, 2.45) is 10.9 Å². The van der Waals surface area contributed by atoms with Gasteiger partial charge in [-0.3, -0.25) is 4.99 Å². The van der Waals surface area contributed by atoms with Crippen LogP contribution in [-0.4, -0.2) is 30.1 Å². The van der Waals surface area contributed by atoms with Crippen LogP contribution < -0.4 is 5.32 Å². The van der Waals surface area contributed by atoms with Crippen molar-refractivity contribution in [1.29, 1.82) is 0 Å². The Kier molecular flexibility index (Phi) is 5.69. The first-order chi connectivity index (χ1) is 7.18. The Hall–Kier alpha value is -0.570. The summed E-state index contributed by atoms with van der Waals surface area (Å²) in [6, 6.07) is 0. The molecule has 0 saturated carbocycles. The van der Waals surface area contributed by atoms with Crippen molar-refractivity contribution in [3.63, 3.8) is 0 Å². The molecule has 0 fully saturated rings. The molecule has 1 rings (SSSR count). The summed E-state index contributed by atoms with van der Waals surface area (Å²) in [4.78, 5) is 4.47. The molecule has 1 unspecified atom stereocenters. The minimum Gasteiger partial charge on any atom is -0.391 e. The summed E-state index contributed by atoms with van der Waals surface area (Å²) in [7, 11) is 0. The molecule has 0 aliphatic carbocycles. The summed E-state index contributed by atoms with van der Waals surface area (Å²) in [5.41, 5.74) is 0. The van der Waals surface area contributed by atoms with E-state index >= 15 is 0 Å². The maximum atomic E-state index is 9.70. The Bertz CT molecular complexity index is 202. The SMILES string of the molecule is CC(C)CC(O)CNC1=NCCCCC1. The number of amidine groups is 1. The van der Waals surface area contributed by atoms with Crippen LogP contribution in [-0.2, 0) is 0 Å². The molecule has 0 aromatic heterocycles. The third-order valence-electron chi connectivity index (χ3n) is 2.66. The van der Waals surface area contributed by atoms with Crippen molar-refractivity contribution in [3.8, 4) is 0 Å². The molecule has 2 N–H and O–H groups in total. The van der Waals surface area contributed by atoms with E-state index in [0.717, 1.165) is 25.2 Å². The van der Waals surface area contributed by atoms with Crippen molar-refractivity contribution in [2.75, 3.05) is 13.1 Å². The quantitative estimate of drug-likeness (QED) is 0.748. The highest BCUT2D eigenvalue weighted by molar-refractivity contribution is 5.82. The maximum Gasteiger partial charge on any atom is 0.0963 e. The van der Waals surface area contributed by atoms with Gasteiger partial charge in [0.1, 0.15) is 0 Å². The highest BCUT2D eigenvalue weighted by Crippen LogP contribution is 2.07. The molecule has 0 saturated heterocycles. The maximum absolute atomic E-state index is 9.70. The van der Waals surface area contributed by atoms with Gasteiger partial charge in [0.25, 0.3) is 0 Å². The second-order valence-corrected chi connectivity index (χ2v) is 4.80. The van der Waals surface area contributed by atoms with Crippen molar-refractivity contribution >= 4 is 5.84 Å². The molecule has 0 aromatic carbocycles. The first-order valence-electron chi connectivity index (χ1n) is 6.13. The van der Waals surface area contributed by atoms with Gasteiger partial charge in [-0.05, 0) is 25.2 Å². The fraction of sp³-hybridized carbons (Fsp3) is 0.917. The van der Waals surface area contributed by atoms with E-state index in [1.807, 2.05) is 0 Å². The lowest BCUT2D eigenvalue weighted by molar-refractivity contribution is 0.152. The van der Waals surface area contributed by atoms with Gasteiger partial charge in [0.2, 0.25) is 0 Å². The Balaban J connectivity index is 2.20. The van der Waals surface area contributed by atoms with Crippen LogP contribution in [0.15, 0.2) is 4.99 Å². The van der Waals surface area contributed by atoms with E-state index < -0.39 is 0 Å². The smallest absolute Gasteiger partial charge is 0.0963 e. The minimum atomic E-state index is -0.240. The molecule has 0 spiro atoms.